The molecular weight excluding hydrogens is 256 g/mol. The maximum absolute atomic E-state index is 12.3. The van der Waals surface area contributed by atoms with E-state index in [0.29, 0.717) is 18.8 Å². The number of nitrogens with zero attached hydrogens (tertiary/aromatic N) is 2. The van der Waals surface area contributed by atoms with E-state index in [9.17, 15) is 9.59 Å². The highest BCUT2D eigenvalue weighted by molar-refractivity contribution is 5.80. The van der Waals surface area contributed by atoms with Gasteiger partial charge in [0.1, 0.15) is 0 Å². The fourth-order valence-electron chi connectivity index (χ4n) is 3.82. The van der Waals surface area contributed by atoms with Gasteiger partial charge >= 0.3 is 0 Å². The maximum Gasteiger partial charge on any atom is 0.222 e. The van der Waals surface area contributed by atoms with Gasteiger partial charge in [0.2, 0.25) is 11.8 Å². The number of piperidine rings is 1. The van der Waals surface area contributed by atoms with E-state index in [0.717, 1.165) is 52.0 Å². The molecule has 2 amide bonds. The minimum Gasteiger partial charge on any atom is -0.381 e. The van der Waals surface area contributed by atoms with Crippen molar-refractivity contribution in [3.63, 3.8) is 0 Å². The minimum atomic E-state index is 0.0321. The van der Waals surface area contributed by atoms with E-state index in [1.807, 2.05) is 16.8 Å². The average Bonchev–Trinajstić information content (AvgIpc) is 3.05. The Morgan fingerprint density at radius 3 is 2.65 bits per heavy atom. The van der Waals surface area contributed by atoms with Crippen LogP contribution in [-0.2, 0) is 14.3 Å². The monoisotopic (exact) mass is 280 g/mol. The molecule has 3 rings (SSSR count). The lowest BCUT2D eigenvalue weighted by molar-refractivity contribution is -0.136. The largest absolute Gasteiger partial charge is 0.381 e. The van der Waals surface area contributed by atoms with Crippen LogP contribution in [0.4, 0.5) is 0 Å². The molecule has 1 spiro atoms. The molecular formula is C15H24N2O3. The Kier molecular flexibility index (Phi) is 3.71. The SMILES string of the molecule is CN1C(=O)CCC12CCN(C(=O)C[C@@H]1CCOC1)CC2. The van der Waals surface area contributed by atoms with Gasteiger partial charge in [0, 0.05) is 51.7 Å². The summed E-state index contributed by atoms with van der Waals surface area (Å²) in [5.74, 6) is 0.935. The molecule has 112 valence electrons. The number of likely N-dealkylation sites (tertiary alicyclic amines) is 2. The quantitative estimate of drug-likeness (QED) is 0.759. The van der Waals surface area contributed by atoms with Gasteiger partial charge in [-0.2, -0.15) is 0 Å². The van der Waals surface area contributed by atoms with E-state index < -0.39 is 0 Å². The van der Waals surface area contributed by atoms with Crippen LogP contribution in [0.3, 0.4) is 0 Å². The zero-order valence-electron chi connectivity index (χ0n) is 12.3. The molecule has 0 aromatic rings. The first-order valence-electron chi connectivity index (χ1n) is 7.73. The van der Waals surface area contributed by atoms with E-state index in [1.54, 1.807) is 0 Å². The Balaban J connectivity index is 1.53. The molecule has 5 heteroatoms. The summed E-state index contributed by atoms with van der Waals surface area (Å²) in [6.45, 7) is 3.13. The lowest BCUT2D eigenvalue weighted by atomic mass is 9.85. The van der Waals surface area contributed by atoms with Crippen LogP contribution in [0, 0.1) is 5.92 Å². The summed E-state index contributed by atoms with van der Waals surface area (Å²) >= 11 is 0. The Morgan fingerprint density at radius 2 is 2.10 bits per heavy atom. The summed E-state index contributed by atoms with van der Waals surface area (Å²) in [4.78, 5) is 27.9. The van der Waals surface area contributed by atoms with Crippen LogP contribution in [0.1, 0.15) is 38.5 Å². The maximum atomic E-state index is 12.3. The second-order valence-electron chi connectivity index (χ2n) is 6.49. The number of ether oxygens (including phenoxy) is 1. The van der Waals surface area contributed by atoms with Gasteiger partial charge in [-0.3, -0.25) is 9.59 Å². The summed E-state index contributed by atoms with van der Waals surface area (Å²) < 4.78 is 5.33. The zero-order chi connectivity index (χ0) is 14.2. The van der Waals surface area contributed by atoms with Crippen LogP contribution in [0.15, 0.2) is 0 Å². The Bertz CT molecular complexity index is 396. The zero-order valence-corrected chi connectivity index (χ0v) is 12.3. The lowest BCUT2D eigenvalue weighted by Gasteiger charge is -2.43. The second-order valence-corrected chi connectivity index (χ2v) is 6.49. The average molecular weight is 280 g/mol. The highest BCUT2D eigenvalue weighted by Crippen LogP contribution is 2.38. The van der Waals surface area contributed by atoms with Crippen LogP contribution in [-0.4, -0.2) is 60.5 Å². The fraction of sp³-hybridized carbons (Fsp3) is 0.867. The van der Waals surface area contributed by atoms with Crippen molar-refractivity contribution in [3.05, 3.63) is 0 Å². The molecule has 20 heavy (non-hydrogen) atoms. The van der Waals surface area contributed by atoms with Crippen LogP contribution in [0.25, 0.3) is 0 Å². The molecule has 1 atom stereocenters. The highest BCUT2D eigenvalue weighted by Gasteiger charge is 2.45. The topological polar surface area (TPSA) is 49.9 Å². The van der Waals surface area contributed by atoms with Gasteiger partial charge in [0.15, 0.2) is 0 Å². The molecule has 3 aliphatic rings. The van der Waals surface area contributed by atoms with Crippen molar-refractivity contribution in [1.29, 1.82) is 0 Å². The normalized spacial score (nSPS) is 29.4. The summed E-state index contributed by atoms with van der Waals surface area (Å²) in [5, 5.41) is 0. The van der Waals surface area contributed by atoms with Crippen molar-refractivity contribution in [1.82, 2.24) is 9.80 Å². The van der Waals surface area contributed by atoms with Crippen molar-refractivity contribution < 1.29 is 14.3 Å². The molecule has 0 radical (unpaired) electrons. The predicted molar refractivity (Wildman–Crippen MR) is 74.1 cm³/mol. The Labute approximate surface area is 120 Å². The van der Waals surface area contributed by atoms with Crippen molar-refractivity contribution in [2.45, 2.75) is 44.1 Å². The predicted octanol–water partition coefficient (Wildman–Crippen LogP) is 1.03. The van der Waals surface area contributed by atoms with E-state index in [1.165, 1.54) is 0 Å². The van der Waals surface area contributed by atoms with Crippen LogP contribution < -0.4 is 0 Å². The third-order valence-corrected chi connectivity index (χ3v) is 5.42. The molecule has 3 saturated heterocycles. The molecule has 3 fully saturated rings. The van der Waals surface area contributed by atoms with Gasteiger partial charge in [-0.05, 0) is 31.6 Å². The molecule has 3 heterocycles. The summed E-state index contributed by atoms with van der Waals surface area (Å²) in [6.07, 6.45) is 5.14. The first kappa shape index (κ1) is 13.9. The molecule has 3 aliphatic heterocycles. The van der Waals surface area contributed by atoms with E-state index >= 15 is 0 Å². The molecule has 0 bridgehead atoms. The third kappa shape index (κ3) is 2.43. The van der Waals surface area contributed by atoms with Gasteiger partial charge in [0.05, 0.1) is 0 Å². The third-order valence-electron chi connectivity index (χ3n) is 5.42. The molecule has 0 saturated carbocycles. The van der Waals surface area contributed by atoms with Crippen LogP contribution in [0.5, 0.6) is 0 Å². The number of hydrogen-bond donors (Lipinski definition) is 0. The molecule has 5 nitrogen and oxygen atoms in total. The van der Waals surface area contributed by atoms with Gasteiger partial charge < -0.3 is 14.5 Å². The smallest absolute Gasteiger partial charge is 0.222 e. The van der Waals surface area contributed by atoms with Crippen molar-refractivity contribution in [2.75, 3.05) is 33.4 Å². The fourth-order valence-corrected chi connectivity index (χ4v) is 3.82. The van der Waals surface area contributed by atoms with Crippen LogP contribution in [0.2, 0.25) is 0 Å². The summed E-state index contributed by atoms with van der Waals surface area (Å²) in [6, 6.07) is 0. The molecule has 0 aliphatic carbocycles. The second kappa shape index (κ2) is 5.35. The van der Waals surface area contributed by atoms with Gasteiger partial charge in [0.25, 0.3) is 0 Å². The number of carbonyl (C=O) groups excluding carboxylic acids is 2. The summed E-state index contributed by atoms with van der Waals surface area (Å²) in [7, 11) is 1.92. The molecule has 0 aromatic carbocycles. The molecule has 0 aromatic heterocycles. The number of carbonyl (C=O) groups is 2. The first-order chi connectivity index (χ1) is 9.61. The lowest BCUT2D eigenvalue weighted by Crippen LogP contribution is -2.52. The van der Waals surface area contributed by atoms with Crippen molar-refractivity contribution >= 4 is 11.8 Å². The Morgan fingerprint density at radius 1 is 1.35 bits per heavy atom. The van der Waals surface area contributed by atoms with Gasteiger partial charge in [-0.1, -0.05) is 0 Å². The number of rotatable bonds is 2. The minimum absolute atomic E-state index is 0.0321. The standard InChI is InChI=1S/C15H24N2O3/c1-16-13(18)2-4-15(16)5-7-17(8-6-15)14(19)10-12-3-9-20-11-12/h12H,2-11H2,1H3/t12-/m0/s1. The van der Waals surface area contributed by atoms with Gasteiger partial charge in [-0.25, -0.2) is 0 Å². The van der Waals surface area contributed by atoms with E-state index in [-0.39, 0.29) is 17.4 Å². The van der Waals surface area contributed by atoms with E-state index in [4.69, 9.17) is 4.74 Å². The molecule has 0 N–H and O–H groups in total. The van der Waals surface area contributed by atoms with E-state index in [2.05, 4.69) is 0 Å². The summed E-state index contributed by atoms with van der Waals surface area (Å²) in [5.41, 5.74) is 0.0321. The van der Waals surface area contributed by atoms with Gasteiger partial charge in [-0.15, -0.1) is 0 Å². The highest BCUT2D eigenvalue weighted by atomic mass is 16.5. The van der Waals surface area contributed by atoms with Crippen molar-refractivity contribution in [3.8, 4) is 0 Å². The Hall–Kier alpha value is -1.10. The van der Waals surface area contributed by atoms with Crippen molar-refractivity contribution in [2.24, 2.45) is 5.92 Å². The van der Waals surface area contributed by atoms with Crippen LogP contribution >= 0.6 is 0 Å². The number of hydrogen-bond acceptors (Lipinski definition) is 3. The molecule has 0 unspecified atom stereocenters. The number of amides is 2. The first-order valence-corrected chi connectivity index (χ1v) is 7.73.